The Kier molecular flexibility index (Phi) is 6.98. The van der Waals surface area contributed by atoms with Crippen molar-refractivity contribution in [1.82, 2.24) is 10.3 Å². The number of anilines is 1. The van der Waals surface area contributed by atoms with Crippen LogP contribution in [0.1, 0.15) is 23.2 Å². The number of rotatable bonds is 8. The molecule has 1 saturated heterocycles. The van der Waals surface area contributed by atoms with Crippen molar-refractivity contribution in [2.45, 2.75) is 12.8 Å². The molecule has 0 unspecified atom stereocenters. The zero-order valence-electron chi connectivity index (χ0n) is 15.2. The summed E-state index contributed by atoms with van der Waals surface area (Å²) in [7, 11) is 0. The van der Waals surface area contributed by atoms with Crippen LogP contribution >= 0.6 is 0 Å². The number of hydrogen-bond donors (Lipinski definition) is 1. The lowest BCUT2D eigenvalue weighted by molar-refractivity contribution is 0.0950. The summed E-state index contributed by atoms with van der Waals surface area (Å²) in [6, 6.07) is 9.52. The van der Waals surface area contributed by atoms with E-state index < -0.39 is 0 Å². The van der Waals surface area contributed by atoms with E-state index in [-0.39, 0.29) is 11.7 Å². The van der Waals surface area contributed by atoms with Gasteiger partial charge < -0.3 is 19.7 Å². The van der Waals surface area contributed by atoms with Gasteiger partial charge in [0.05, 0.1) is 25.4 Å². The van der Waals surface area contributed by atoms with E-state index in [4.69, 9.17) is 9.47 Å². The first-order chi connectivity index (χ1) is 13.2. The Morgan fingerprint density at radius 3 is 2.74 bits per heavy atom. The molecule has 1 aliphatic rings. The van der Waals surface area contributed by atoms with Gasteiger partial charge in [0.15, 0.2) is 0 Å². The molecule has 3 rings (SSSR count). The molecule has 0 aliphatic carbocycles. The van der Waals surface area contributed by atoms with Crippen LogP contribution in [0.2, 0.25) is 0 Å². The number of carbonyl (C=O) groups excluding carboxylic acids is 1. The summed E-state index contributed by atoms with van der Waals surface area (Å²) in [5.41, 5.74) is 0.585. The van der Waals surface area contributed by atoms with Crippen molar-refractivity contribution in [3.8, 4) is 5.75 Å². The van der Waals surface area contributed by atoms with Gasteiger partial charge in [0, 0.05) is 25.8 Å². The smallest absolute Gasteiger partial charge is 0.255 e. The molecule has 1 fully saturated rings. The number of amides is 1. The van der Waals surface area contributed by atoms with Crippen molar-refractivity contribution in [2.75, 3.05) is 44.4 Å². The molecule has 27 heavy (non-hydrogen) atoms. The summed E-state index contributed by atoms with van der Waals surface area (Å²) in [5, 5.41) is 2.94. The molecule has 0 bridgehead atoms. The van der Waals surface area contributed by atoms with Crippen LogP contribution in [0.15, 0.2) is 42.6 Å². The summed E-state index contributed by atoms with van der Waals surface area (Å²) in [6.45, 7) is 3.84. The third kappa shape index (κ3) is 5.65. The second kappa shape index (κ2) is 9.87. The van der Waals surface area contributed by atoms with Crippen molar-refractivity contribution in [3.63, 3.8) is 0 Å². The molecular weight excluding hydrogens is 349 g/mol. The SMILES string of the molecule is O=C(NCCCCOc1ccc(F)cc1)c1cccnc1N1CCOCC1. The van der Waals surface area contributed by atoms with Gasteiger partial charge in [-0.1, -0.05) is 0 Å². The van der Waals surface area contributed by atoms with Crippen LogP contribution in [-0.2, 0) is 4.74 Å². The predicted molar refractivity (Wildman–Crippen MR) is 101 cm³/mol. The number of morpholine rings is 1. The van der Waals surface area contributed by atoms with E-state index in [1.54, 1.807) is 30.5 Å². The van der Waals surface area contributed by atoms with Gasteiger partial charge in [0.2, 0.25) is 0 Å². The molecule has 144 valence electrons. The Morgan fingerprint density at radius 1 is 1.19 bits per heavy atom. The molecule has 0 spiro atoms. The number of unbranched alkanes of at least 4 members (excludes halogenated alkanes) is 1. The number of nitrogens with one attached hydrogen (secondary N) is 1. The van der Waals surface area contributed by atoms with Gasteiger partial charge >= 0.3 is 0 Å². The van der Waals surface area contributed by atoms with Gasteiger partial charge in [-0.25, -0.2) is 9.37 Å². The average molecular weight is 373 g/mol. The lowest BCUT2D eigenvalue weighted by atomic mass is 10.2. The summed E-state index contributed by atoms with van der Waals surface area (Å²) >= 11 is 0. The highest BCUT2D eigenvalue weighted by Gasteiger charge is 2.19. The van der Waals surface area contributed by atoms with E-state index in [1.165, 1.54) is 12.1 Å². The Labute approximate surface area is 158 Å². The van der Waals surface area contributed by atoms with Gasteiger partial charge in [-0.2, -0.15) is 0 Å². The monoisotopic (exact) mass is 373 g/mol. The zero-order chi connectivity index (χ0) is 18.9. The number of benzene rings is 1. The van der Waals surface area contributed by atoms with Crippen LogP contribution in [0.3, 0.4) is 0 Å². The fourth-order valence-corrected chi connectivity index (χ4v) is 2.85. The average Bonchev–Trinajstić information content (AvgIpc) is 2.72. The molecular formula is C20H24FN3O3. The van der Waals surface area contributed by atoms with Crippen molar-refractivity contribution < 1.29 is 18.7 Å². The van der Waals surface area contributed by atoms with E-state index in [1.807, 2.05) is 0 Å². The van der Waals surface area contributed by atoms with Crippen LogP contribution in [0.25, 0.3) is 0 Å². The van der Waals surface area contributed by atoms with E-state index in [0.717, 1.165) is 25.9 Å². The Balaban J connectivity index is 1.41. The second-order valence-corrected chi connectivity index (χ2v) is 6.24. The second-order valence-electron chi connectivity index (χ2n) is 6.24. The lowest BCUT2D eigenvalue weighted by Crippen LogP contribution is -2.38. The predicted octanol–water partition coefficient (Wildman–Crippen LogP) is 2.65. The molecule has 0 saturated carbocycles. The Morgan fingerprint density at radius 2 is 1.96 bits per heavy atom. The van der Waals surface area contributed by atoms with E-state index >= 15 is 0 Å². The largest absolute Gasteiger partial charge is 0.494 e. The number of halogens is 1. The summed E-state index contributed by atoms with van der Waals surface area (Å²) in [5.74, 6) is 0.949. The molecule has 1 N–H and O–H groups in total. The third-order valence-electron chi connectivity index (χ3n) is 4.28. The van der Waals surface area contributed by atoms with E-state index in [2.05, 4.69) is 15.2 Å². The van der Waals surface area contributed by atoms with Crippen LogP contribution in [0.4, 0.5) is 10.2 Å². The number of ether oxygens (including phenoxy) is 2. The molecule has 6 nitrogen and oxygen atoms in total. The molecule has 2 heterocycles. The Bertz CT molecular complexity index is 734. The molecule has 1 amide bonds. The maximum absolute atomic E-state index is 12.8. The highest BCUT2D eigenvalue weighted by Crippen LogP contribution is 2.18. The zero-order valence-corrected chi connectivity index (χ0v) is 15.2. The van der Waals surface area contributed by atoms with Gasteiger partial charge in [0.1, 0.15) is 17.4 Å². The molecule has 1 aromatic carbocycles. The number of hydrogen-bond acceptors (Lipinski definition) is 5. The van der Waals surface area contributed by atoms with Crippen molar-refractivity contribution >= 4 is 11.7 Å². The lowest BCUT2D eigenvalue weighted by Gasteiger charge is -2.29. The van der Waals surface area contributed by atoms with Crippen LogP contribution in [0, 0.1) is 5.82 Å². The summed E-state index contributed by atoms with van der Waals surface area (Å²) in [4.78, 5) is 19.0. The highest BCUT2D eigenvalue weighted by atomic mass is 19.1. The number of aromatic nitrogens is 1. The minimum Gasteiger partial charge on any atom is -0.494 e. The third-order valence-corrected chi connectivity index (χ3v) is 4.28. The van der Waals surface area contributed by atoms with Gasteiger partial charge in [-0.3, -0.25) is 4.79 Å². The minimum absolute atomic E-state index is 0.121. The molecule has 1 aliphatic heterocycles. The van der Waals surface area contributed by atoms with Crippen molar-refractivity contribution in [1.29, 1.82) is 0 Å². The number of pyridine rings is 1. The topological polar surface area (TPSA) is 63.7 Å². The minimum atomic E-state index is -0.281. The molecule has 1 aromatic heterocycles. The summed E-state index contributed by atoms with van der Waals surface area (Å²) < 4.78 is 23.7. The van der Waals surface area contributed by atoms with E-state index in [9.17, 15) is 9.18 Å². The van der Waals surface area contributed by atoms with Crippen molar-refractivity contribution in [3.05, 3.63) is 54.0 Å². The van der Waals surface area contributed by atoms with Crippen LogP contribution in [-0.4, -0.2) is 50.3 Å². The normalized spacial score (nSPS) is 14.0. The van der Waals surface area contributed by atoms with Crippen molar-refractivity contribution in [2.24, 2.45) is 0 Å². The molecule has 0 radical (unpaired) electrons. The van der Waals surface area contributed by atoms with Gasteiger partial charge in [-0.15, -0.1) is 0 Å². The maximum Gasteiger partial charge on any atom is 0.255 e. The van der Waals surface area contributed by atoms with Gasteiger partial charge in [-0.05, 0) is 49.2 Å². The fraction of sp³-hybridized carbons (Fsp3) is 0.400. The first kappa shape index (κ1) is 19.1. The fourth-order valence-electron chi connectivity index (χ4n) is 2.85. The maximum atomic E-state index is 12.8. The first-order valence-corrected chi connectivity index (χ1v) is 9.18. The van der Waals surface area contributed by atoms with Gasteiger partial charge in [0.25, 0.3) is 5.91 Å². The molecule has 2 aromatic rings. The Hall–Kier alpha value is -2.67. The number of nitrogens with zero attached hydrogens (tertiary/aromatic N) is 2. The quantitative estimate of drug-likeness (QED) is 0.721. The molecule has 7 heteroatoms. The molecule has 0 atom stereocenters. The summed E-state index contributed by atoms with van der Waals surface area (Å²) in [6.07, 6.45) is 3.29. The highest BCUT2D eigenvalue weighted by molar-refractivity contribution is 5.98. The van der Waals surface area contributed by atoms with E-state index in [0.29, 0.717) is 43.5 Å². The van der Waals surface area contributed by atoms with Crippen LogP contribution < -0.4 is 15.0 Å². The van der Waals surface area contributed by atoms with Crippen LogP contribution in [0.5, 0.6) is 5.75 Å². The number of carbonyl (C=O) groups is 1. The standard InChI is InChI=1S/C20H24FN3O3/c21-16-5-7-17(8-6-16)27-13-2-1-9-23-20(25)18-4-3-10-22-19(18)24-11-14-26-15-12-24/h3-8,10H,1-2,9,11-15H2,(H,23,25). The first-order valence-electron chi connectivity index (χ1n) is 9.18.